The van der Waals surface area contributed by atoms with Crippen LogP contribution < -0.4 is 15.8 Å². The van der Waals surface area contributed by atoms with Gasteiger partial charge in [-0.05, 0) is 30.3 Å². The molecule has 0 saturated heterocycles. The molecule has 5 heteroatoms. The van der Waals surface area contributed by atoms with Crippen molar-refractivity contribution in [2.75, 3.05) is 18.2 Å². The normalized spacial score (nSPS) is 9.95. The summed E-state index contributed by atoms with van der Waals surface area (Å²) in [4.78, 5) is 10.9. The SMILES string of the molecule is COc1ccccc1Nc1ccc(C(=O)O)c(N)c1. The van der Waals surface area contributed by atoms with Crippen LogP contribution in [0, 0.1) is 0 Å². The zero-order valence-electron chi connectivity index (χ0n) is 10.4. The van der Waals surface area contributed by atoms with Crippen molar-refractivity contribution in [2.24, 2.45) is 0 Å². The topological polar surface area (TPSA) is 84.6 Å². The Kier molecular flexibility index (Phi) is 3.56. The number of nitrogens with two attached hydrogens (primary N) is 1. The van der Waals surface area contributed by atoms with E-state index in [9.17, 15) is 4.79 Å². The molecule has 0 aliphatic rings. The van der Waals surface area contributed by atoms with Gasteiger partial charge in [-0.25, -0.2) is 4.79 Å². The van der Waals surface area contributed by atoms with E-state index in [-0.39, 0.29) is 11.3 Å². The number of carbonyl (C=O) groups is 1. The Morgan fingerprint density at radius 2 is 2.00 bits per heavy atom. The Hall–Kier alpha value is -2.69. The second kappa shape index (κ2) is 5.30. The van der Waals surface area contributed by atoms with Crippen LogP contribution in [0.15, 0.2) is 42.5 Å². The highest BCUT2D eigenvalue weighted by Crippen LogP contribution is 2.28. The lowest BCUT2D eigenvalue weighted by Crippen LogP contribution is -2.03. The Morgan fingerprint density at radius 1 is 1.26 bits per heavy atom. The van der Waals surface area contributed by atoms with Crippen LogP contribution in [0.25, 0.3) is 0 Å². The molecule has 0 heterocycles. The lowest BCUT2D eigenvalue weighted by Gasteiger charge is -2.12. The average Bonchev–Trinajstić information content (AvgIpc) is 2.39. The summed E-state index contributed by atoms with van der Waals surface area (Å²) in [5.74, 6) is -0.343. The van der Waals surface area contributed by atoms with Gasteiger partial charge in [-0.1, -0.05) is 12.1 Å². The lowest BCUT2D eigenvalue weighted by molar-refractivity contribution is 0.0698. The number of nitrogen functional groups attached to an aromatic ring is 1. The zero-order valence-corrected chi connectivity index (χ0v) is 10.4. The van der Waals surface area contributed by atoms with Gasteiger partial charge in [-0.3, -0.25) is 0 Å². The number of benzene rings is 2. The summed E-state index contributed by atoms with van der Waals surface area (Å²) in [7, 11) is 1.59. The number of ether oxygens (including phenoxy) is 1. The molecule has 2 rings (SSSR count). The van der Waals surface area contributed by atoms with Gasteiger partial charge in [0.2, 0.25) is 0 Å². The summed E-state index contributed by atoms with van der Waals surface area (Å²) in [6, 6.07) is 12.1. The summed E-state index contributed by atoms with van der Waals surface area (Å²) < 4.78 is 5.22. The van der Waals surface area contributed by atoms with Crippen LogP contribution in [-0.2, 0) is 0 Å². The molecule has 0 atom stereocenters. The summed E-state index contributed by atoms with van der Waals surface area (Å²) in [5, 5.41) is 12.0. The van der Waals surface area contributed by atoms with E-state index in [1.807, 2.05) is 24.3 Å². The van der Waals surface area contributed by atoms with Crippen molar-refractivity contribution in [1.82, 2.24) is 0 Å². The van der Waals surface area contributed by atoms with Crippen molar-refractivity contribution in [2.45, 2.75) is 0 Å². The summed E-state index contributed by atoms with van der Waals surface area (Å²) in [6.07, 6.45) is 0. The standard InChI is InChI=1S/C14H14N2O3/c1-19-13-5-3-2-4-12(13)16-9-6-7-10(14(17)18)11(15)8-9/h2-8,16H,15H2,1H3,(H,17,18). The number of para-hydroxylation sites is 2. The molecule has 4 N–H and O–H groups in total. The molecule has 0 bridgehead atoms. The van der Waals surface area contributed by atoms with Gasteiger partial charge in [0.15, 0.2) is 0 Å². The average molecular weight is 258 g/mol. The number of rotatable bonds is 4. The number of anilines is 3. The fourth-order valence-corrected chi connectivity index (χ4v) is 1.74. The molecule has 0 aliphatic carbocycles. The minimum atomic E-state index is -1.04. The van der Waals surface area contributed by atoms with E-state index in [1.54, 1.807) is 19.2 Å². The highest BCUT2D eigenvalue weighted by atomic mass is 16.5. The molecular formula is C14H14N2O3. The first-order chi connectivity index (χ1) is 9.11. The smallest absolute Gasteiger partial charge is 0.337 e. The molecule has 5 nitrogen and oxygen atoms in total. The number of carboxylic acids is 1. The molecule has 0 aliphatic heterocycles. The number of carboxylic acid groups (broad SMARTS) is 1. The quantitative estimate of drug-likeness (QED) is 0.734. The number of hydrogen-bond donors (Lipinski definition) is 3. The second-order valence-corrected chi connectivity index (χ2v) is 3.93. The number of aromatic carboxylic acids is 1. The highest BCUT2D eigenvalue weighted by molar-refractivity contribution is 5.94. The summed E-state index contributed by atoms with van der Waals surface area (Å²) >= 11 is 0. The maximum Gasteiger partial charge on any atom is 0.337 e. The van der Waals surface area contributed by atoms with Gasteiger partial charge in [0, 0.05) is 11.4 Å². The minimum Gasteiger partial charge on any atom is -0.495 e. The van der Waals surface area contributed by atoms with E-state index in [1.165, 1.54) is 6.07 Å². The van der Waals surface area contributed by atoms with Gasteiger partial charge < -0.3 is 20.9 Å². The second-order valence-electron chi connectivity index (χ2n) is 3.93. The van der Waals surface area contributed by atoms with Crippen LogP contribution in [0.4, 0.5) is 17.1 Å². The Balaban J connectivity index is 2.29. The predicted octanol–water partition coefficient (Wildman–Crippen LogP) is 2.72. The van der Waals surface area contributed by atoms with Crippen molar-refractivity contribution in [1.29, 1.82) is 0 Å². The van der Waals surface area contributed by atoms with Crippen LogP contribution in [-0.4, -0.2) is 18.2 Å². The molecule has 19 heavy (non-hydrogen) atoms. The van der Waals surface area contributed by atoms with Crippen LogP contribution in [0.5, 0.6) is 5.75 Å². The third-order valence-electron chi connectivity index (χ3n) is 2.67. The van der Waals surface area contributed by atoms with Crippen molar-refractivity contribution >= 4 is 23.0 Å². The van der Waals surface area contributed by atoms with Crippen molar-refractivity contribution in [3.05, 3.63) is 48.0 Å². The maximum absolute atomic E-state index is 10.9. The number of hydrogen-bond acceptors (Lipinski definition) is 4. The fraction of sp³-hybridized carbons (Fsp3) is 0.0714. The summed E-state index contributed by atoms with van der Waals surface area (Å²) in [6.45, 7) is 0. The van der Waals surface area contributed by atoms with Crippen molar-refractivity contribution < 1.29 is 14.6 Å². The van der Waals surface area contributed by atoms with E-state index in [2.05, 4.69) is 5.32 Å². The fourth-order valence-electron chi connectivity index (χ4n) is 1.74. The third kappa shape index (κ3) is 2.77. The van der Waals surface area contributed by atoms with E-state index >= 15 is 0 Å². The van der Waals surface area contributed by atoms with Crippen molar-refractivity contribution in [3.63, 3.8) is 0 Å². The molecule has 2 aromatic carbocycles. The molecule has 0 amide bonds. The van der Waals surface area contributed by atoms with Crippen LogP contribution in [0.2, 0.25) is 0 Å². The van der Waals surface area contributed by atoms with Gasteiger partial charge in [0.1, 0.15) is 5.75 Å². The van der Waals surface area contributed by atoms with Gasteiger partial charge in [0.25, 0.3) is 0 Å². The molecule has 2 aromatic rings. The first-order valence-corrected chi connectivity index (χ1v) is 5.64. The van der Waals surface area contributed by atoms with Gasteiger partial charge in [0.05, 0.1) is 18.4 Å². The first-order valence-electron chi connectivity index (χ1n) is 5.64. The van der Waals surface area contributed by atoms with Crippen LogP contribution >= 0.6 is 0 Å². The molecule has 0 radical (unpaired) electrons. The van der Waals surface area contributed by atoms with Gasteiger partial charge in [-0.2, -0.15) is 0 Å². The number of methoxy groups -OCH3 is 1. The van der Waals surface area contributed by atoms with E-state index in [4.69, 9.17) is 15.6 Å². The molecule has 0 spiro atoms. The van der Waals surface area contributed by atoms with Crippen molar-refractivity contribution in [3.8, 4) is 5.75 Å². The van der Waals surface area contributed by atoms with E-state index in [0.717, 1.165) is 5.69 Å². The Bertz CT molecular complexity index is 611. The number of nitrogens with one attached hydrogen (secondary N) is 1. The highest BCUT2D eigenvalue weighted by Gasteiger charge is 2.09. The van der Waals surface area contributed by atoms with Crippen LogP contribution in [0.1, 0.15) is 10.4 Å². The Morgan fingerprint density at radius 3 is 2.63 bits per heavy atom. The van der Waals surface area contributed by atoms with E-state index < -0.39 is 5.97 Å². The van der Waals surface area contributed by atoms with Crippen LogP contribution in [0.3, 0.4) is 0 Å². The predicted molar refractivity (Wildman–Crippen MR) is 74.1 cm³/mol. The minimum absolute atomic E-state index is 0.0885. The largest absolute Gasteiger partial charge is 0.495 e. The molecule has 98 valence electrons. The molecule has 0 unspecified atom stereocenters. The maximum atomic E-state index is 10.9. The third-order valence-corrected chi connectivity index (χ3v) is 2.67. The molecule has 0 saturated carbocycles. The van der Waals surface area contributed by atoms with E-state index in [0.29, 0.717) is 11.4 Å². The van der Waals surface area contributed by atoms with Gasteiger partial charge >= 0.3 is 5.97 Å². The first kappa shape index (κ1) is 12.8. The zero-order chi connectivity index (χ0) is 13.8. The molecule has 0 aromatic heterocycles. The molecule has 0 fully saturated rings. The molecular weight excluding hydrogens is 244 g/mol. The van der Waals surface area contributed by atoms with Gasteiger partial charge in [-0.15, -0.1) is 0 Å². The Labute approximate surface area is 110 Å². The summed E-state index contributed by atoms with van der Waals surface area (Å²) in [5.41, 5.74) is 7.48. The monoisotopic (exact) mass is 258 g/mol. The lowest BCUT2D eigenvalue weighted by atomic mass is 10.1.